The largest absolute Gasteiger partial charge is 0.469 e. The molecule has 2 aliphatic heterocycles. The van der Waals surface area contributed by atoms with E-state index in [2.05, 4.69) is 31.2 Å². The third-order valence-electron chi connectivity index (χ3n) is 8.33. The molecule has 0 aromatic rings. The molecule has 3 fully saturated rings. The standard InChI is InChI=1S/C32H54O7/c1-3-4-7-15-25(38-31-20-10-12-22-36-31)16-14-18-27-26(17-8-5-6-9-19-30(34)35-2)28(33)24-29(27)39-32-21-11-13-23-37-32/h5,8,14,16,25-29,31-33H,3-4,6-7,9-13,15,17-24H2,1-2H3/b8-5-,16-14+/t25?,26-,27-,28+,29-,31?,32?/m1/s1. The molecule has 0 radical (unpaired) electrons. The number of hydrogen-bond donors (Lipinski definition) is 1. The van der Waals surface area contributed by atoms with Crippen LogP contribution in [0.5, 0.6) is 0 Å². The molecule has 0 amide bonds. The van der Waals surface area contributed by atoms with E-state index < -0.39 is 6.10 Å². The first-order valence-corrected chi connectivity index (χ1v) is 15.7. The van der Waals surface area contributed by atoms with Gasteiger partial charge in [0.2, 0.25) is 0 Å². The van der Waals surface area contributed by atoms with Crippen molar-refractivity contribution in [1.29, 1.82) is 0 Å². The Morgan fingerprint density at radius 2 is 1.69 bits per heavy atom. The smallest absolute Gasteiger partial charge is 0.305 e. The number of aliphatic hydroxyl groups is 1. The molecular formula is C32H54O7. The maximum Gasteiger partial charge on any atom is 0.305 e. The third-order valence-corrected chi connectivity index (χ3v) is 8.33. The average Bonchev–Trinajstić information content (AvgIpc) is 3.24. The number of aliphatic hydroxyl groups excluding tert-OH is 1. The molecule has 0 aromatic heterocycles. The summed E-state index contributed by atoms with van der Waals surface area (Å²) in [4.78, 5) is 11.3. The number of ether oxygens (including phenoxy) is 5. The molecule has 3 unspecified atom stereocenters. The highest BCUT2D eigenvalue weighted by Crippen LogP contribution is 2.40. The van der Waals surface area contributed by atoms with Gasteiger partial charge in [0.05, 0.1) is 25.4 Å². The van der Waals surface area contributed by atoms with Crippen LogP contribution in [0.2, 0.25) is 0 Å². The van der Waals surface area contributed by atoms with Gasteiger partial charge in [-0.3, -0.25) is 4.79 Å². The van der Waals surface area contributed by atoms with Crippen molar-refractivity contribution < 1.29 is 33.6 Å². The molecule has 7 heteroatoms. The second-order valence-electron chi connectivity index (χ2n) is 11.4. The lowest BCUT2D eigenvalue weighted by Crippen LogP contribution is -2.31. The molecule has 1 N–H and O–H groups in total. The highest BCUT2D eigenvalue weighted by atomic mass is 16.7. The maximum absolute atomic E-state index is 11.3. The Morgan fingerprint density at radius 1 is 0.949 bits per heavy atom. The van der Waals surface area contributed by atoms with E-state index >= 15 is 0 Å². The highest BCUT2D eigenvalue weighted by molar-refractivity contribution is 5.69. The molecule has 0 aromatic carbocycles. The summed E-state index contributed by atoms with van der Waals surface area (Å²) in [5.41, 5.74) is 0. The van der Waals surface area contributed by atoms with Crippen molar-refractivity contribution in [1.82, 2.24) is 0 Å². The van der Waals surface area contributed by atoms with Gasteiger partial charge in [-0.2, -0.15) is 0 Å². The molecule has 2 heterocycles. The van der Waals surface area contributed by atoms with E-state index in [1.54, 1.807) is 0 Å². The number of carbonyl (C=O) groups is 1. The van der Waals surface area contributed by atoms with Gasteiger partial charge in [-0.15, -0.1) is 0 Å². The fourth-order valence-electron chi connectivity index (χ4n) is 6.02. The van der Waals surface area contributed by atoms with Gasteiger partial charge in [-0.05, 0) is 82.5 Å². The number of esters is 1. The highest BCUT2D eigenvalue weighted by Gasteiger charge is 2.43. The fraction of sp³-hybridized carbons (Fsp3) is 0.844. The van der Waals surface area contributed by atoms with E-state index in [-0.39, 0.29) is 42.6 Å². The van der Waals surface area contributed by atoms with Crippen LogP contribution in [0.3, 0.4) is 0 Å². The molecule has 1 saturated carbocycles. The van der Waals surface area contributed by atoms with Crippen LogP contribution >= 0.6 is 0 Å². The first-order chi connectivity index (χ1) is 19.1. The molecular weight excluding hydrogens is 496 g/mol. The second-order valence-corrected chi connectivity index (χ2v) is 11.4. The van der Waals surface area contributed by atoms with Crippen LogP contribution in [-0.4, -0.2) is 62.3 Å². The SMILES string of the molecule is CCCCCC(/C=C/C[C@@H]1[C@@H](C/C=C\CCCC(=O)OC)[C@@H](O)C[C@H]1OC1CCCCO1)OC1CCCCO1. The number of methoxy groups -OCH3 is 1. The normalized spacial score (nSPS) is 30.7. The first-order valence-electron chi connectivity index (χ1n) is 15.7. The van der Waals surface area contributed by atoms with Crippen LogP contribution in [0.4, 0.5) is 0 Å². The van der Waals surface area contributed by atoms with Crippen LogP contribution in [0.1, 0.15) is 110 Å². The predicted octanol–water partition coefficient (Wildman–Crippen LogP) is 6.62. The Balaban J connectivity index is 1.60. The van der Waals surface area contributed by atoms with Crippen molar-refractivity contribution in [2.24, 2.45) is 11.8 Å². The van der Waals surface area contributed by atoms with E-state index in [0.717, 1.165) is 90.3 Å². The minimum absolute atomic E-state index is 0.0217. The molecule has 0 spiro atoms. The summed E-state index contributed by atoms with van der Waals surface area (Å²) in [5.74, 6) is 0.170. The number of rotatable bonds is 17. The zero-order chi connectivity index (χ0) is 27.7. The van der Waals surface area contributed by atoms with Crippen LogP contribution in [0, 0.1) is 11.8 Å². The van der Waals surface area contributed by atoms with Gasteiger partial charge in [0, 0.05) is 26.1 Å². The molecule has 7 atom stereocenters. The molecule has 39 heavy (non-hydrogen) atoms. The summed E-state index contributed by atoms with van der Waals surface area (Å²) >= 11 is 0. The minimum Gasteiger partial charge on any atom is -0.469 e. The topological polar surface area (TPSA) is 83.5 Å². The number of allylic oxidation sites excluding steroid dienone is 3. The van der Waals surface area contributed by atoms with E-state index in [9.17, 15) is 9.90 Å². The summed E-state index contributed by atoms with van der Waals surface area (Å²) in [7, 11) is 1.43. The quantitative estimate of drug-likeness (QED) is 0.124. The Hall–Kier alpha value is -1.25. The van der Waals surface area contributed by atoms with E-state index in [0.29, 0.717) is 12.8 Å². The van der Waals surface area contributed by atoms with Gasteiger partial charge in [0.1, 0.15) is 0 Å². The van der Waals surface area contributed by atoms with Crippen molar-refractivity contribution in [2.45, 2.75) is 141 Å². The van der Waals surface area contributed by atoms with Crippen molar-refractivity contribution in [2.75, 3.05) is 20.3 Å². The van der Waals surface area contributed by atoms with Crippen molar-refractivity contribution in [3.63, 3.8) is 0 Å². The van der Waals surface area contributed by atoms with Gasteiger partial charge >= 0.3 is 5.97 Å². The van der Waals surface area contributed by atoms with Crippen LogP contribution in [-0.2, 0) is 28.5 Å². The zero-order valence-corrected chi connectivity index (χ0v) is 24.5. The average molecular weight is 551 g/mol. The van der Waals surface area contributed by atoms with Crippen LogP contribution in [0.25, 0.3) is 0 Å². The first kappa shape index (κ1) is 32.3. The summed E-state index contributed by atoms with van der Waals surface area (Å²) in [5, 5.41) is 11.1. The molecule has 0 bridgehead atoms. The summed E-state index contributed by atoms with van der Waals surface area (Å²) in [6.07, 6.45) is 23.4. The van der Waals surface area contributed by atoms with Gasteiger partial charge in [0.25, 0.3) is 0 Å². The molecule has 3 rings (SSSR count). The number of unbranched alkanes of at least 4 members (excludes halogenated alkanes) is 3. The molecule has 224 valence electrons. The minimum atomic E-state index is -0.399. The van der Waals surface area contributed by atoms with Crippen molar-refractivity contribution >= 4 is 5.97 Å². The summed E-state index contributed by atoms with van der Waals surface area (Å²) < 4.78 is 29.3. The van der Waals surface area contributed by atoms with E-state index in [1.807, 2.05) is 0 Å². The molecule has 7 nitrogen and oxygen atoms in total. The Kier molecular flexibility index (Phi) is 15.7. The summed E-state index contributed by atoms with van der Waals surface area (Å²) in [6, 6.07) is 0. The van der Waals surface area contributed by atoms with E-state index in [1.165, 1.54) is 20.0 Å². The Labute approximate surface area is 236 Å². The Bertz CT molecular complexity index is 711. The summed E-state index contributed by atoms with van der Waals surface area (Å²) in [6.45, 7) is 3.77. The van der Waals surface area contributed by atoms with Gasteiger partial charge in [-0.25, -0.2) is 0 Å². The van der Waals surface area contributed by atoms with Crippen LogP contribution < -0.4 is 0 Å². The van der Waals surface area contributed by atoms with Crippen molar-refractivity contribution in [3.8, 4) is 0 Å². The van der Waals surface area contributed by atoms with E-state index in [4.69, 9.17) is 23.7 Å². The maximum atomic E-state index is 11.3. The lowest BCUT2D eigenvalue weighted by atomic mass is 9.87. The molecule has 3 aliphatic rings. The fourth-order valence-corrected chi connectivity index (χ4v) is 6.02. The predicted molar refractivity (Wildman–Crippen MR) is 152 cm³/mol. The molecule has 1 aliphatic carbocycles. The Morgan fingerprint density at radius 3 is 2.38 bits per heavy atom. The number of hydrogen-bond acceptors (Lipinski definition) is 7. The third kappa shape index (κ3) is 12.0. The van der Waals surface area contributed by atoms with Crippen LogP contribution in [0.15, 0.2) is 24.3 Å². The van der Waals surface area contributed by atoms with Gasteiger partial charge < -0.3 is 28.8 Å². The van der Waals surface area contributed by atoms with Gasteiger partial charge in [0.15, 0.2) is 12.6 Å². The van der Waals surface area contributed by atoms with Gasteiger partial charge in [-0.1, -0.05) is 50.5 Å². The monoisotopic (exact) mass is 550 g/mol. The lowest BCUT2D eigenvalue weighted by Gasteiger charge is -2.30. The molecule has 2 saturated heterocycles. The van der Waals surface area contributed by atoms with Crippen molar-refractivity contribution in [3.05, 3.63) is 24.3 Å². The zero-order valence-electron chi connectivity index (χ0n) is 24.5. The lowest BCUT2D eigenvalue weighted by molar-refractivity contribution is -0.195. The second kappa shape index (κ2) is 19.0. The number of carbonyl (C=O) groups excluding carboxylic acids is 1.